The number of nitrogens with one attached hydrogen (secondary N) is 2. The summed E-state index contributed by atoms with van der Waals surface area (Å²) in [6.45, 7) is 14.1. The van der Waals surface area contributed by atoms with Crippen molar-refractivity contribution in [1.82, 2.24) is 15.3 Å². The third-order valence-electron chi connectivity index (χ3n) is 5.54. The first-order valence-electron chi connectivity index (χ1n) is 10.3. The molecule has 0 aliphatic carbocycles. The molecule has 0 bridgehead atoms. The van der Waals surface area contributed by atoms with Crippen LogP contribution in [-0.4, -0.2) is 49.2 Å². The fourth-order valence-electron chi connectivity index (χ4n) is 3.92. The van der Waals surface area contributed by atoms with Crippen molar-refractivity contribution in [1.29, 1.82) is 0 Å². The number of anilines is 4. The second-order valence-corrected chi connectivity index (χ2v) is 7.50. The van der Waals surface area contributed by atoms with Gasteiger partial charge in [-0.1, -0.05) is 0 Å². The molecule has 0 radical (unpaired) electrons. The van der Waals surface area contributed by atoms with Crippen LogP contribution in [0.5, 0.6) is 0 Å². The van der Waals surface area contributed by atoms with Gasteiger partial charge in [0, 0.05) is 43.9 Å². The number of piperazine rings is 1. The van der Waals surface area contributed by atoms with Crippen LogP contribution >= 0.6 is 0 Å². The van der Waals surface area contributed by atoms with Gasteiger partial charge in [-0.25, -0.2) is 13.8 Å². The van der Waals surface area contributed by atoms with Crippen LogP contribution in [0.1, 0.15) is 5.56 Å². The van der Waals surface area contributed by atoms with E-state index in [1.54, 1.807) is 12.4 Å². The Morgan fingerprint density at radius 1 is 1.12 bits per heavy atom. The second kappa shape index (κ2) is 10.8. The molecule has 1 aliphatic rings. The SMILES string of the molecule is [CH2-]CN(C[CH2-])c1cncc(Nc2c(C)c(N3CCNCC3)nc3cc(F)cc(F)c23)c1.[U+2]. The van der Waals surface area contributed by atoms with Gasteiger partial charge in [-0.15, -0.1) is 13.1 Å². The van der Waals surface area contributed by atoms with E-state index in [2.05, 4.69) is 39.3 Å². The van der Waals surface area contributed by atoms with Crippen molar-refractivity contribution in [2.45, 2.75) is 6.92 Å². The van der Waals surface area contributed by atoms with Crippen LogP contribution in [0.15, 0.2) is 30.6 Å². The summed E-state index contributed by atoms with van der Waals surface area (Å²) in [5.74, 6) is -0.576. The van der Waals surface area contributed by atoms with Crippen molar-refractivity contribution in [3.63, 3.8) is 0 Å². The number of rotatable bonds is 6. The molecule has 0 amide bonds. The topological polar surface area (TPSA) is 56.3 Å². The summed E-state index contributed by atoms with van der Waals surface area (Å²) in [5.41, 5.74) is 3.19. The average Bonchev–Trinajstić information content (AvgIpc) is 2.77. The predicted molar refractivity (Wildman–Crippen MR) is 122 cm³/mol. The van der Waals surface area contributed by atoms with Crippen LogP contribution in [-0.2, 0) is 0 Å². The molecule has 166 valence electrons. The van der Waals surface area contributed by atoms with Gasteiger partial charge in [0.25, 0.3) is 0 Å². The monoisotopic (exact) mass is 662 g/mol. The van der Waals surface area contributed by atoms with Crippen molar-refractivity contribution in [2.75, 3.05) is 54.4 Å². The minimum atomic E-state index is -0.652. The third kappa shape index (κ3) is 5.00. The summed E-state index contributed by atoms with van der Waals surface area (Å²) < 4.78 is 28.9. The smallest absolute Gasteiger partial charge is 0.430 e. The maximum Gasteiger partial charge on any atom is 2.00 e. The zero-order valence-corrected chi connectivity index (χ0v) is 22.3. The van der Waals surface area contributed by atoms with E-state index in [0.29, 0.717) is 24.5 Å². The summed E-state index contributed by atoms with van der Waals surface area (Å²) in [7, 11) is 0. The Hall–Kier alpha value is -1.95. The zero-order valence-electron chi connectivity index (χ0n) is 18.1. The van der Waals surface area contributed by atoms with Gasteiger partial charge in [0.1, 0.15) is 17.5 Å². The second-order valence-electron chi connectivity index (χ2n) is 7.50. The van der Waals surface area contributed by atoms with Gasteiger partial charge < -0.3 is 34.3 Å². The van der Waals surface area contributed by atoms with E-state index in [9.17, 15) is 8.78 Å². The van der Waals surface area contributed by atoms with Crippen molar-refractivity contribution >= 4 is 33.8 Å². The molecule has 3 heterocycles. The maximum atomic E-state index is 14.9. The van der Waals surface area contributed by atoms with Crippen LogP contribution in [0.2, 0.25) is 0 Å². The number of hydrogen-bond acceptors (Lipinski definition) is 6. The number of benzene rings is 1. The van der Waals surface area contributed by atoms with Gasteiger partial charge in [-0.2, -0.15) is 0 Å². The first-order chi connectivity index (χ1) is 15.0. The third-order valence-corrected chi connectivity index (χ3v) is 5.54. The summed E-state index contributed by atoms with van der Waals surface area (Å²) in [5, 5.41) is 6.90. The average molecular weight is 663 g/mol. The minimum absolute atomic E-state index is 0. The van der Waals surface area contributed by atoms with Crippen LogP contribution in [0, 0.1) is 63.5 Å². The number of pyridine rings is 2. The normalized spacial score (nSPS) is 13.7. The van der Waals surface area contributed by atoms with Crippen LogP contribution < -0.4 is 20.4 Å². The van der Waals surface area contributed by atoms with Crippen molar-refractivity contribution in [2.24, 2.45) is 0 Å². The molecule has 1 aliphatic heterocycles. The van der Waals surface area contributed by atoms with Gasteiger partial charge in [0.15, 0.2) is 0 Å². The van der Waals surface area contributed by atoms with E-state index < -0.39 is 11.6 Å². The minimum Gasteiger partial charge on any atom is -0.430 e. The van der Waals surface area contributed by atoms with E-state index in [1.807, 2.05) is 17.9 Å². The van der Waals surface area contributed by atoms with E-state index >= 15 is 0 Å². The molecule has 4 rings (SSSR count). The summed E-state index contributed by atoms with van der Waals surface area (Å²) in [4.78, 5) is 13.1. The van der Waals surface area contributed by atoms with Crippen LogP contribution in [0.25, 0.3) is 10.9 Å². The Labute approximate surface area is 211 Å². The number of nitrogens with zero attached hydrogens (tertiary/aromatic N) is 4. The van der Waals surface area contributed by atoms with Gasteiger partial charge in [-0.3, -0.25) is 4.98 Å². The zero-order chi connectivity index (χ0) is 22.0. The Morgan fingerprint density at radius 3 is 2.53 bits per heavy atom. The standard InChI is InChI=1S/C23H26F2N6.U/c1-4-30(5-2)18-12-17(13-27-14-18)28-22-15(3)23(31-8-6-26-7-9-31)29-20-11-16(24)10-19(25)21(20)22;/h10-14,26H,1-2,4-9H2,3H3,(H,28,29);/q-2;+2. The van der Waals surface area contributed by atoms with E-state index in [-0.39, 0.29) is 42.0 Å². The number of hydrogen-bond donors (Lipinski definition) is 2. The van der Waals surface area contributed by atoms with Gasteiger partial charge in [0.05, 0.1) is 40.4 Å². The molecule has 1 aromatic carbocycles. The molecule has 0 spiro atoms. The molecule has 0 unspecified atom stereocenters. The molecule has 1 fully saturated rings. The number of halogens is 2. The summed E-state index contributed by atoms with van der Waals surface area (Å²) in [6, 6.07) is 4.08. The molecule has 1 saturated heterocycles. The van der Waals surface area contributed by atoms with Gasteiger partial charge in [-0.05, 0) is 13.0 Å². The Morgan fingerprint density at radius 2 is 1.84 bits per heavy atom. The molecule has 3 aromatic rings. The molecule has 6 nitrogen and oxygen atoms in total. The molecule has 2 aromatic heterocycles. The number of aromatic nitrogens is 2. The van der Waals surface area contributed by atoms with Gasteiger partial charge >= 0.3 is 31.1 Å². The van der Waals surface area contributed by atoms with E-state index in [4.69, 9.17) is 0 Å². The molecular formula is C23H26F2N6U. The van der Waals surface area contributed by atoms with Crippen molar-refractivity contribution < 1.29 is 39.9 Å². The quantitative estimate of drug-likeness (QED) is 0.392. The molecule has 0 atom stereocenters. The predicted octanol–water partition coefficient (Wildman–Crippen LogP) is 3.84. The fourth-order valence-corrected chi connectivity index (χ4v) is 3.92. The number of fused-ring (bicyclic) bond motifs is 1. The first kappa shape index (κ1) is 24.7. The Bertz CT molecular complexity index is 1080. The largest absolute Gasteiger partial charge is 2.00 e. The first-order valence-corrected chi connectivity index (χ1v) is 10.3. The summed E-state index contributed by atoms with van der Waals surface area (Å²) >= 11 is 0. The molecule has 0 saturated carbocycles. The molecular weight excluding hydrogens is 636 g/mol. The van der Waals surface area contributed by atoms with Crippen LogP contribution in [0.3, 0.4) is 0 Å². The molecule has 9 heteroatoms. The maximum absolute atomic E-state index is 14.9. The molecule has 2 N–H and O–H groups in total. The van der Waals surface area contributed by atoms with Crippen molar-refractivity contribution in [3.8, 4) is 0 Å². The molecule has 32 heavy (non-hydrogen) atoms. The fraction of sp³-hybridized carbons (Fsp3) is 0.304. The van der Waals surface area contributed by atoms with Gasteiger partial charge in [0.2, 0.25) is 0 Å². The van der Waals surface area contributed by atoms with Crippen LogP contribution in [0.4, 0.5) is 31.7 Å². The van der Waals surface area contributed by atoms with E-state index in [0.717, 1.165) is 49.3 Å². The van der Waals surface area contributed by atoms with E-state index in [1.165, 1.54) is 6.07 Å². The summed E-state index contributed by atoms with van der Waals surface area (Å²) in [6.07, 6.45) is 3.41. The van der Waals surface area contributed by atoms with Crippen molar-refractivity contribution in [3.05, 3.63) is 61.6 Å². The Kier molecular flexibility index (Phi) is 8.32. The Balaban J connectivity index is 0.00000289.